The fourth-order valence-corrected chi connectivity index (χ4v) is 2.44. The van der Waals surface area contributed by atoms with Gasteiger partial charge in [-0.05, 0) is 26.2 Å². The highest BCUT2D eigenvalue weighted by molar-refractivity contribution is 4.88. The standard InChI is InChI=1S/C15H31NO3/c1-3-4-9-18-10-11-19-13-14(17)12-16-15(2)7-5-6-8-15/h14,16-17H,3-13H2,1-2H3. The van der Waals surface area contributed by atoms with Gasteiger partial charge in [0.25, 0.3) is 0 Å². The second kappa shape index (κ2) is 9.70. The van der Waals surface area contributed by atoms with Crippen LogP contribution in [0, 0.1) is 0 Å². The summed E-state index contributed by atoms with van der Waals surface area (Å²) < 4.78 is 10.8. The molecule has 1 unspecified atom stereocenters. The van der Waals surface area contributed by atoms with Crippen LogP contribution < -0.4 is 5.32 Å². The van der Waals surface area contributed by atoms with Crippen molar-refractivity contribution in [1.82, 2.24) is 5.32 Å². The molecule has 114 valence electrons. The number of aliphatic hydroxyl groups excluding tert-OH is 1. The average Bonchev–Trinajstić information content (AvgIpc) is 2.83. The molecule has 0 saturated heterocycles. The van der Waals surface area contributed by atoms with Gasteiger partial charge in [0.15, 0.2) is 0 Å². The van der Waals surface area contributed by atoms with Gasteiger partial charge in [0.05, 0.1) is 25.9 Å². The first-order chi connectivity index (χ1) is 9.16. The SMILES string of the molecule is CCCCOCCOCC(O)CNC1(C)CCCC1. The molecule has 1 aliphatic carbocycles. The summed E-state index contributed by atoms with van der Waals surface area (Å²) in [4.78, 5) is 0. The maximum Gasteiger partial charge on any atom is 0.0897 e. The predicted octanol–water partition coefficient (Wildman–Crippen LogP) is 2.10. The van der Waals surface area contributed by atoms with Gasteiger partial charge in [0.2, 0.25) is 0 Å². The monoisotopic (exact) mass is 273 g/mol. The normalized spacial score (nSPS) is 19.7. The van der Waals surface area contributed by atoms with Crippen molar-refractivity contribution in [2.24, 2.45) is 0 Å². The Hall–Kier alpha value is -0.160. The summed E-state index contributed by atoms with van der Waals surface area (Å²) in [5.41, 5.74) is 0.226. The molecule has 1 fully saturated rings. The van der Waals surface area contributed by atoms with Gasteiger partial charge < -0.3 is 19.9 Å². The maximum atomic E-state index is 9.84. The third kappa shape index (κ3) is 7.88. The zero-order valence-electron chi connectivity index (χ0n) is 12.6. The molecule has 1 aliphatic rings. The number of β-amino-alcohol motifs (C(OH)–C–C–N with tert-alkyl or cyclic N) is 1. The fraction of sp³-hybridized carbons (Fsp3) is 1.00. The molecule has 1 saturated carbocycles. The number of rotatable bonds is 11. The molecule has 0 radical (unpaired) electrons. The van der Waals surface area contributed by atoms with Crippen LogP contribution in [0.2, 0.25) is 0 Å². The summed E-state index contributed by atoms with van der Waals surface area (Å²) in [6, 6.07) is 0. The van der Waals surface area contributed by atoms with E-state index < -0.39 is 6.10 Å². The van der Waals surface area contributed by atoms with Crippen LogP contribution in [0.1, 0.15) is 52.4 Å². The van der Waals surface area contributed by atoms with Gasteiger partial charge in [-0.3, -0.25) is 0 Å². The van der Waals surface area contributed by atoms with Crippen LogP contribution in [0.4, 0.5) is 0 Å². The number of aliphatic hydroxyl groups is 1. The van der Waals surface area contributed by atoms with Crippen LogP contribution in [-0.4, -0.2) is 49.7 Å². The molecule has 4 heteroatoms. The molecule has 0 heterocycles. The van der Waals surface area contributed by atoms with E-state index in [0.29, 0.717) is 26.4 Å². The van der Waals surface area contributed by atoms with Crippen molar-refractivity contribution in [2.75, 3.05) is 33.0 Å². The molecular weight excluding hydrogens is 242 g/mol. The van der Waals surface area contributed by atoms with E-state index >= 15 is 0 Å². The highest BCUT2D eigenvalue weighted by atomic mass is 16.5. The summed E-state index contributed by atoms with van der Waals surface area (Å²) in [6.45, 7) is 7.40. The Morgan fingerprint density at radius 3 is 2.53 bits per heavy atom. The van der Waals surface area contributed by atoms with Gasteiger partial charge in [0, 0.05) is 18.7 Å². The highest BCUT2D eigenvalue weighted by Crippen LogP contribution is 2.28. The number of ether oxygens (including phenoxy) is 2. The number of unbranched alkanes of at least 4 members (excludes halogenated alkanes) is 1. The molecule has 2 N–H and O–H groups in total. The van der Waals surface area contributed by atoms with Gasteiger partial charge in [-0.25, -0.2) is 0 Å². The maximum absolute atomic E-state index is 9.84. The van der Waals surface area contributed by atoms with Crippen molar-refractivity contribution in [3.63, 3.8) is 0 Å². The van der Waals surface area contributed by atoms with Crippen LogP contribution >= 0.6 is 0 Å². The molecule has 0 aromatic carbocycles. The zero-order chi connectivity index (χ0) is 14.0. The van der Waals surface area contributed by atoms with Gasteiger partial charge in [-0.15, -0.1) is 0 Å². The van der Waals surface area contributed by atoms with Crippen LogP contribution in [0.5, 0.6) is 0 Å². The van der Waals surface area contributed by atoms with Crippen molar-refractivity contribution in [1.29, 1.82) is 0 Å². The Balaban J connectivity index is 1.91. The summed E-state index contributed by atoms with van der Waals surface area (Å²) in [6.07, 6.45) is 6.86. The molecule has 0 spiro atoms. The lowest BCUT2D eigenvalue weighted by Crippen LogP contribution is -2.44. The lowest BCUT2D eigenvalue weighted by molar-refractivity contribution is 0.00193. The first kappa shape index (κ1) is 16.9. The summed E-state index contributed by atoms with van der Waals surface area (Å²) in [5, 5.41) is 13.3. The summed E-state index contributed by atoms with van der Waals surface area (Å²) >= 11 is 0. The van der Waals surface area contributed by atoms with E-state index in [0.717, 1.165) is 19.4 Å². The molecular formula is C15H31NO3. The second-order valence-corrected chi connectivity index (χ2v) is 5.84. The molecule has 19 heavy (non-hydrogen) atoms. The molecule has 1 atom stereocenters. The first-order valence-corrected chi connectivity index (χ1v) is 7.75. The van der Waals surface area contributed by atoms with Crippen LogP contribution in [0.25, 0.3) is 0 Å². The molecule has 0 aliphatic heterocycles. The van der Waals surface area contributed by atoms with E-state index in [1.165, 1.54) is 25.7 Å². The topological polar surface area (TPSA) is 50.7 Å². The third-order valence-corrected chi connectivity index (χ3v) is 3.80. The Morgan fingerprint density at radius 1 is 1.16 bits per heavy atom. The minimum atomic E-state index is -0.423. The van der Waals surface area contributed by atoms with Crippen molar-refractivity contribution in [2.45, 2.75) is 64.0 Å². The van der Waals surface area contributed by atoms with Crippen LogP contribution in [-0.2, 0) is 9.47 Å². The van der Waals surface area contributed by atoms with Crippen LogP contribution in [0.15, 0.2) is 0 Å². The third-order valence-electron chi connectivity index (χ3n) is 3.80. The van der Waals surface area contributed by atoms with E-state index in [2.05, 4.69) is 19.2 Å². The number of hydrogen-bond acceptors (Lipinski definition) is 4. The highest BCUT2D eigenvalue weighted by Gasteiger charge is 2.28. The Morgan fingerprint density at radius 2 is 1.84 bits per heavy atom. The second-order valence-electron chi connectivity index (χ2n) is 5.84. The molecule has 4 nitrogen and oxygen atoms in total. The van der Waals surface area contributed by atoms with E-state index in [-0.39, 0.29) is 5.54 Å². The first-order valence-electron chi connectivity index (χ1n) is 7.75. The molecule has 0 aromatic heterocycles. The van der Waals surface area contributed by atoms with Gasteiger partial charge in [0.1, 0.15) is 0 Å². The van der Waals surface area contributed by atoms with Crippen molar-refractivity contribution in [3.05, 3.63) is 0 Å². The zero-order valence-corrected chi connectivity index (χ0v) is 12.6. The lowest BCUT2D eigenvalue weighted by Gasteiger charge is -2.26. The van der Waals surface area contributed by atoms with E-state index in [9.17, 15) is 5.11 Å². The molecule has 0 amide bonds. The molecule has 0 aromatic rings. The molecule has 0 bridgehead atoms. The Labute approximate surface area is 117 Å². The quantitative estimate of drug-likeness (QED) is 0.566. The number of nitrogens with one attached hydrogen (secondary N) is 1. The minimum Gasteiger partial charge on any atom is -0.389 e. The van der Waals surface area contributed by atoms with Gasteiger partial charge >= 0.3 is 0 Å². The van der Waals surface area contributed by atoms with E-state index in [4.69, 9.17) is 9.47 Å². The predicted molar refractivity (Wildman–Crippen MR) is 77.4 cm³/mol. The summed E-state index contributed by atoms with van der Waals surface area (Å²) in [5.74, 6) is 0. The minimum absolute atomic E-state index is 0.226. The molecule has 1 rings (SSSR count). The largest absolute Gasteiger partial charge is 0.389 e. The van der Waals surface area contributed by atoms with Crippen LogP contribution in [0.3, 0.4) is 0 Å². The van der Waals surface area contributed by atoms with E-state index in [1.54, 1.807) is 0 Å². The smallest absolute Gasteiger partial charge is 0.0897 e. The van der Waals surface area contributed by atoms with Gasteiger partial charge in [-0.2, -0.15) is 0 Å². The average molecular weight is 273 g/mol. The lowest BCUT2D eigenvalue weighted by atomic mass is 10.0. The summed E-state index contributed by atoms with van der Waals surface area (Å²) in [7, 11) is 0. The van der Waals surface area contributed by atoms with Crippen molar-refractivity contribution >= 4 is 0 Å². The Bertz CT molecular complexity index is 217. The van der Waals surface area contributed by atoms with Crippen molar-refractivity contribution < 1.29 is 14.6 Å². The van der Waals surface area contributed by atoms with E-state index in [1.807, 2.05) is 0 Å². The Kier molecular flexibility index (Phi) is 8.62. The number of hydrogen-bond donors (Lipinski definition) is 2. The van der Waals surface area contributed by atoms with Crippen molar-refractivity contribution in [3.8, 4) is 0 Å². The fourth-order valence-electron chi connectivity index (χ4n) is 2.44. The van der Waals surface area contributed by atoms with Gasteiger partial charge in [-0.1, -0.05) is 26.2 Å².